The molecule has 22 heavy (non-hydrogen) atoms. The van der Waals surface area contributed by atoms with Crippen molar-refractivity contribution in [2.75, 3.05) is 5.32 Å². The number of amides is 1. The number of alkyl halides is 1. The van der Waals surface area contributed by atoms with Crippen LogP contribution in [0, 0.1) is 0 Å². The van der Waals surface area contributed by atoms with Gasteiger partial charge >= 0.3 is 6.01 Å². The summed E-state index contributed by atoms with van der Waals surface area (Å²) < 4.78 is 5.41. The van der Waals surface area contributed by atoms with Crippen molar-refractivity contribution in [3.05, 3.63) is 66.2 Å². The first-order chi connectivity index (χ1) is 10.7. The summed E-state index contributed by atoms with van der Waals surface area (Å²) in [4.78, 5) is 12.1. The minimum Gasteiger partial charge on any atom is -0.403 e. The highest BCUT2D eigenvalue weighted by Gasteiger charge is 2.20. The standard InChI is InChI=1S/C16H12ClN3O2/c17-13(11-7-3-1-4-8-11)14(21)18-16-20-19-15(22-16)12-9-5-2-6-10-12/h1-10,13H,(H,18,20,21). The number of aromatic nitrogens is 2. The fourth-order valence-corrected chi connectivity index (χ4v) is 2.11. The Bertz CT molecular complexity index is 759. The summed E-state index contributed by atoms with van der Waals surface area (Å²) >= 11 is 6.13. The van der Waals surface area contributed by atoms with Crippen LogP contribution in [0.5, 0.6) is 0 Å². The second-order valence-electron chi connectivity index (χ2n) is 4.54. The molecule has 110 valence electrons. The van der Waals surface area contributed by atoms with Gasteiger partial charge in [-0.3, -0.25) is 10.1 Å². The van der Waals surface area contributed by atoms with E-state index in [0.29, 0.717) is 11.5 Å². The van der Waals surface area contributed by atoms with Gasteiger partial charge in [0.2, 0.25) is 5.89 Å². The smallest absolute Gasteiger partial charge is 0.322 e. The third-order valence-corrected chi connectivity index (χ3v) is 3.45. The Kier molecular flexibility index (Phi) is 4.16. The molecule has 0 aliphatic carbocycles. The number of nitrogens with zero attached hydrogens (tertiary/aromatic N) is 2. The lowest BCUT2D eigenvalue weighted by molar-refractivity contribution is -0.116. The number of benzene rings is 2. The average molecular weight is 314 g/mol. The van der Waals surface area contributed by atoms with Crippen LogP contribution in [0.15, 0.2) is 65.1 Å². The van der Waals surface area contributed by atoms with Gasteiger partial charge in [-0.15, -0.1) is 16.7 Å². The van der Waals surface area contributed by atoms with Crippen LogP contribution in [-0.2, 0) is 4.79 Å². The van der Waals surface area contributed by atoms with Crippen LogP contribution in [-0.4, -0.2) is 16.1 Å². The quantitative estimate of drug-likeness (QED) is 0.746. The van der Waals surface area contributed by atoms with Crippen LogP contribution < -0.4 is 5.32 Å². The minimum absolute atomic E-state index is 0.0189. The SMILES string of the molecule is O=C(Nc1nnc(-c2ccccc2)o1)C(Cl)c1ccccc1. The van der Waals surface area contributed by atoms with E-state index in [1.165, 1.54) is 0 Å². The van der Waals surface area contributed by atoms with Gasteiger partial charge in [0, 0.05) is 5.56 Å². The zero-order valence-electron chi connectivity index (χ0n) is 11.4. The van der Waals surface area contributed by atoms with Crippen LogP contribution in [0.1, 0.15) is 10.9 Å². The maximum Gasteiger partial charge on any atom is 0.322 e. The summed E-state index contributed by atoms with van der Waals surface area (Å²) in [5, 5.41) is 9.39. The molecule has 0 aliphatic heterocycles. The number of hydrogen-bond donors (Lipinski definition) is 1. The molecule has 6 heteroatoms. The summed E-state index contributed by atoms with van der Waals surface area (Å²) in [6, 6.07) is 18.4. The zero-order valence-corrected chi connectivity index (χ0v) is 12.2. The fraction of sp³-hybridized carbons (Fsp3) is 0.0625. The van der Waals surface area contributed by atoms with Gasteiger partial charge in [0.1, 0.15) is 5.38 Å². The van der Waals surface area contributed by atoms with Crippen molar-refractivity contribution in [3.8, 4) is 11.5 Å². The second kappa shape index (κ2) is 6.41. The van der Waals surface area contributed by atoms with E-state index >= 15 is 0 Å². The zero-order chi connectivity index (χ0) is 15.4. The molecule has 0 saturated carbocycles. The number of carbonyl (C=O) groups is 1. The molecule has 0 radical (unpaired) electrons. The Balaban J connectivity index is 1.71. The third kappa shape index (κ3) is 3.15. The van der Waals surface area contributed by atoms with Gasteiger partial charge < -0.3 is 4.42 Å². The maximum atomic E-state index is 12.1. The largest absolute Gasteiger partial charge is 0.403 e. The van der Waals surface area contributed by atoms with Gasteiger partial charge in [-0.25, -0.2) is 0 Å². The first-order valence-electron chi connectivity index (χ1n) is 6.63. The number of anilines is 1. The van der Waals surface area contributed by atoms with Gasteiger partial charge in [0.15, 0.2) is 0 Å². The Hall–Kier alpha value is -2.66. The van der Waals surface area contributed by atoms with Crippen molar-refractivity contribution in [1.82, 2.24) is 10.2 Å². The first kappa shape index (κ1) is 14.3. The molecule has 2 aromatic carbocycles. The van der Waals surface area contributed by atoms with Crippen molar-refractivity contribution < 1.29 is 9.21 Å². The molecule has 0 spiro atoms. The topological polar surface area (TPSA) is 68.0 Å². The van der Waals surface area contributed by atoms with Crippen molar-refractivity contribution in [3.63, 3.8) is 0 Å². The Morgan fingerprint density at radius 1 is 1.00 bits per heavy atom. The molecule has 0 bridgehead atoms. The van der Waals surface area contributed by atoms with Gasteiger partial charge in [-0.1, -0.05) is 53.6 Å². The molecule has 5 nitrogen and oxygen atoms in total. The van der Waals surface area contributed by atoms with E-state index in [4.69, 9.17) is 16.0 Å². The molecule has 3 rings (SSSR count). The van der Waals surface area contributed by atoms with Gasteiger partial charge in [-0.05, 0) is 17.7 Å². The maximum absolute atomic E-state index is 12.1. The van der Waals surface area contributed by atoms with Gasteiger partial charge in [0.05, 0.1) is 0 Å². The average Bonchev–Trinajstić information content (AvgIpc) is 3.04. The van der Waals surface area contributed by atoms with E-state index in [0.717, 1.165) is 5.56 Å². The van der Waals surface area contributed by atoms with Crippen LogP contribution in [0.3, 0.4) is 0 Å². The van der Waals surface area contributed by atoms with Crippen LogP contribution >= 0.6 is 11.6 Å². The Morgan fingerprint density at radius 2 is 1.64 bits per heavy atom. The summed E-state index contributed by atoms with van der Waals surface area (Å²) in [5.74, 6) is -0.0853. The fourth-order valence-electron chi connectivity index (χ4n) is 1.91. The lowest BCUT2D eigenvalue weighted by atomic mass is 10.1. The second-order valence-corrected chi connectivity index (χ2v) is 4.98. The van der Waals surface area contributed by atoms with Crippen molar-refractivity contribution in [1.29, 1.82) is 0 Å². The number of hydrogen-bond acceptors (Lipinski definition) is 4. The van der Waals surface area contributed by atoms with E-state index in [9.17, 15) is 4.79 Å². The number of carbonyl (C=O) groups excluding carboxylic acids is 1. The molecular weight excluding hydrogens is 302 g/mol. The molecule has 3 aromatic rings. The molecule has 0 saturated heterocycles. The number of rotatable bonds is 4. The highest BCUT2D eigenvalue weighted by atomic mass is 35.5. The first-order valence-corrected chi connectivity index (χ1v) is 7.06. The molecule has 1 N–H and O–H groups in total. The number of halogens is 1. The lowest BCUT2D eigenvalue weighted by Crippen LogP contribution is -2.17. The Labute approximate surface area is 131 Å². The van der Waals surface area contributed by atoms with Crippen molar-refractivity contribution >= 4 is 23.5 Å². The van der Waals surface area contributed by atoms with Crippen LogP contribution in [0.25, 0.3) is 11.5 Å². The molecule has 0 aliphatic rings. The number of nitrogens with one attached hydrogen (secondary N) is 1. The Morgan fingerprint density at radius 3 is 2.32 bits per heavy atom. The molecule has 1 amide bonds. The van der Waals surface area contributed by atoms with Gasteiger partial charge in [-0.2, -0.15) is 0 Å². The summed E-state index contributed by atoms with van der Waals surface area (Å²) in [5.41, 5.74) is 1.48. The molecular formula is C16H12ClN3O2. The molecule has 1 atom stereocenters. The highest BCUT2D eigenvalue weighted by molar-refractivity contribution is 6.32. The molecule has 1 heterocycles. The van der Waals surface area contributed by atoms with Crippen LogP contribution in [0.2, 0.25) is 0 Å². The predicted octanol–water partition coefficient (Wildman–Crippen LogP) is 3.66. The van der Waals surface area contributed by atoms with Crippen LogP contribution in [0.4, 0.5) is 6.01 Å². The van der Waals surface area contributed by atoms with Crippen molar-refractivity contribution in [2.45, 2.75) is 5.38 Å². The van der Waals surface area contributed by atoms with Crippen molar-refractivity contribution in [2.24, 2.45) is 0 Å². The van der Waals surface area contributed by atoms with Gasteiger partial charge in [0.25, 0.3) is 5.91 Å². The molecule has 1 unspecified atom stereocenters. The van der Waals surface area contributed by atoms with E-state index in [2.05, 4.69) is 15.5 Å². The van der Waals surface area contributed by atoms with E-state index in [1.54, 1.807) is 12.1 Å². The minimum atomic E-state index is -0.826. The van der Waals surface area contributed by atoms with E-state index in [1.807, 2.05) is 48.5 Å². The predicted molar refractivity (Wildman–Crippen MR) is 83.4 cm³/mol. The molecule has 1 aromatic heterocycles. The normalized spacial score (nSPS) is 11.9. The third-order valence-electron chi connectivity index (χ3n) is 3.00. The highest BCUT2D eigenvalue weighted by Crippen LogP contribution is 2.23. The summed E-state index contributed by atoms with van der Waals surface area (Å²) in [6.45, 7) is 0. The monoisotopic (exact) mass is 313 g/mol. The van der Waals surface area contributed by atoms with E-state index in [-0.39, 0.29) is 6.01 Å². The summed E-state index contributed by atoms with van der Waals surface area (Å²) in [7, 11) is 0. The van der Waals surface area contributed by atoms with E-state index < -0.39 is 11.3 Å². The molecule has 0 fully saturated rings. The summed E-state index contributed by atoms with van der Waals surface area (Å²) in [6.07, 6.45) is 0. The lowest BCUT2D eigenvalue weighted by Gasteiger charge is -2.07.